The molecule has 0 fully saturated rings. The summed E-state index contributed by atoms with van der Waals surface area (Å²) in [6, 6.07) is 19.1. The number of rotatable bonds is 7. The van der Waals surface area contributed by atoms with Crippen LogP contribution in [-0.4, -0.2) is 44.5 Å². The number of nitrogens with two attached hydrogens (primary N) is 1. The number of amides is 1. The largest absolute Gasteiger partial charge is 0.496 e. The molecule has 9 heteroatoms. The smallest absolute Gasteiger partial charge is 0.253 e. The lowest BCUT2D eigenvalue weighted by Gasteiger charge is -2.38. The quantitative estimate of drug-likeness (QED) is 0.276. The van der Waals surface area contributed by atoms with Crippen molar-refractivity contribution in [2.24, 2.45) is 10.8 Å². The molecule has 8 nitrogen and oxygen atoms in total. The topological polar surface area (TPSA) is 98.4 Å². The van der Waals surface area contributed by atoms with Crippen LogP contribution in [0.1, 0.15) is 22.7 Å². The van der Waals surface area contributed by atoms with Crippen LogP contribution in [0.4, 0.5) is 5.69 Å². The summed E-state index contributed by atoms with van der Waals surface area (Å²) in [6.45, 7) is -0.0294. The number of ether oxygens (including phenoxy) is 3. The second-order valence-corrected chi connectivity index (χ2v) is 8.47. The number of methoxy groups -OCH3 is 3. The van der Waals surface area contributed by atoms with Crippen LogP contribution in [0.15, 0.2) is 70.1 Å². The second-order valence-electron chi connectivity index (χ2n) is 7.55. The average molecular weight is 525 g/mol. The molecule has 0 saturated heterocycles. The minimum Gasteiger partial charge on any atom is -0.496 e. The van der Waals surface area contributed by atoms with E-state index in [0.717, 1.165) is 21.3 Å². The molecule has 0 radical (unpaired) electrons. The first-order chi connectivity index (χ1) is 16.5. The lowest BCUT2D eigenvalue weighted by Crippen LogP contribution is -2.46. The first kappa shape index (κ1) is 23.6. The zero-order valence-electron chi connectivity index (χ0n) is 19.0. The van der Waals surface area contributed by atoms with Crippen molar-refractivity contribution in [3.63, 3.8) is 0 Å². The Labute approximate surface area is 206 Å². The van der Waals surface area contributed by atoms with E-state index < -0.39 is 0 Å². The molecular formula is C25H25BrN4O4. The fourth-order valence-electron chi connectivity index (χ4n) is 4.09. The molecule has 4 rings (SSSR count). The Balaban J connectivity index is 2.00. The second kappa shape index (κ2) is 10.1. The van der Waals surface area contributed by atoms with Gasteiger partial charge >= 0.3 is 0 Å². The number of amidine groups is 1. The van der Waals surface area contributed by atoms with Gasteiger partial charge in [0.1, 0.15) is 18.1 Å². The molecule has 0 aromatic heterocycles. The number of hydrogen-bond acceptors (Lipinski definition) is 7. The van der Waals surface area contributed by atoms with E-state index in [1.807, 2.05) is 53.4 Å². The van der Waals surface area contributed by atoms with Crippen LogP contribution in [0.5, 0.6) is 17.2 Å². The Bertz CT molecular complexity index is 1230. The Morgan fingerprint density at radius 1 is 1.00 bits per heavy atom. The van der Waals surface area contributed by atoms with E-state index in [1.54, 1.807) is 33.5 Å². The van der Waals surface area contributed by atoms with E-state index in [2.05, 4.69) is 21.4 Å². The molecule has 1 heterocycles. The third-order valence-corrected chi connectivity index (χ3v) is 6.12. The number of aliphatic imine (C=N–C) groups is 1. The summed E-state index contributed by atoms with van der Waals surface area (Å²) in [5.74, 6) is 7.24. The maximum atomic E-state index is 12.6. The van der Waals surface area contributed by atoms with Gasteiger partial charge in [-0.3, -0.25) is 10.2 Å². The van der Waals surface area contributed by atoms with Crippen LogP contribution in [0.2, 0.25) is 0 Å². The van der Waals surface area contributed by atoms with Crippen molar-refractivity contribution in [3.8, 4) is 17.2 Å². The van der Waals surface area contributed by atoms with Crippen LogP contribution in [0.25, 0.3) is 0 Å². The molecule has 34 heavy (non-hydrogen) atoms. The van der Waals surface area contributed by atoms with E-state index in [9.17, 15) is 4.79 Å². The summed E-state index contributed by atoms with van der Waals surface area (Å²) in [5, 5.41) is 0. The Morgan fingerprint density at radius 3 is 2.32 bits per heavy atom. The van der Waals surface area contributed by atoms with E-state index in [-0.39, 0.29) is 18.5 Å². The zero-order chi connectivity index (χ0) is 24.2. The first-order valence-electron chi connectivity index (χ1n) is 10.5. The first-order valence-corrected chi connectivity index (χ1v) is 11.3. The van der Waals surface area contributed by atoms with Crippen molar-refractivity contribution >= 4 is 33.4 Å². The summed E-state index contributed by atoms with van der Waals surface area (Å²) in [5.41, 5.74) is 5.63. The molecule has 3 aromatic carbocycles. The fourth-order valence-corrected chi connectivity index (χ4v) is 4.47. The van der Waals surface area contributed by atoms with Crippen LogP contribution < -0.4 is 25.5 Å². The van der Waals surface area contributed by atoms with Crippen molar-refractivity contribution in [1.29, 1.82) is 0 Å². The van der Waals surface area contributed by atoms with Crippen molar-refractivity contribution in [2.45, 2.75) is 6.04 Å². The molecule has 0 saturated carbocycles. The molecule has 1 aliphatic rings. The van der Waals surface area contributed by atoms with Gasteiger partial charge < -0.3 is 19.1 Å². The highest BCUT2D eigenvalue weighted by Gasteiger charge is 2.35. The number of carbonyl (C=O) groups is 1. The van der Waals surface area contributed by atoms with Crippen molar-refractivity contribution in [1.82, 2.24) is 10.3 Å². The number of carbonyl (C=O) groups excluding carboxylic acids is 1. The van der Waals surface area contributed by atoms with E-state index in [0.29, 0.717) is 28.6 Å². The number of hydrogen-bond donors (Lipinski definition) is 2. The number of fused-ring (bicyclic) bond motifs is 1. The van der Waals surface area contributed by atoms with Gasteiger partial charge in [0.05, 0.1) is 38.6 Å². The molecule has 1 atom stereocenters. The molecule has 0 unspecified atom stereocenters. The Kier molecular flexibility index (Phi) is 7.04. The summed E-state index contributed by atoms with van der Waals surface area (Å²) in [6.07, 6.45) is 0. The van der Waals surface area contributed by atoms with Crippen LogP contribution in [0.3, 0.4) is 0 Å². The van der Waals surface area contributed by atoms with Gasteiger partial charge in [0, 0.05) is 16.1 Å². The Morgan fingerprint density at radius 2 is 1.68 bits per heavy atom. The van der Waals surface area contributed by atoms with Crippen LogP contribution in [0, 0.1) is 0 Å². The molecule has 1 amide bonds. The number of halogens is 1. The minimum absolute atomic E-state index is 0.0294. The predicted molar refractivity (Wildman–Crippen MR) is 134 cm³/mol. The van der Waals surface area contributed by atoms with Gasteiger partial charge in [0.25, 0.3) is 5.91 Å². The van der Waals surface area contributed by atoms with Gasteiger partial charge in [0.2, 0.25) is 0 Å². The summed E-state index contributed by atoms with van der Waals surface area (Å²) < 4.78 is 17.6. The zero-order valence-corrected chi connectivity index (χ0v) is 20.6. The number of nitrogens with zero attached hydrogens (tertiary/aromatic N) is 2. The highest BCUT2D eigenvalue weighted by Crippen LogP contribution is 2.44. The molecule has 1 aliphatic heterocycles. The molecular weight excluding hydrogens is 500 g/mol. The normalized spacial score (nSPS) is 14.7. The molecule has 3 N–H and O–H groups in total. The molecule has 0 bridgehead atoms. The molecule has 176 valence electrons. The number of nitrogens with one attached hydrogen (secondary N) is 1. The van der Waals surface area contributed by atoms with Gasteiger partial charge in [-0.05, 0) is 29.8 Å². The van der Waals surface area contributed by atoms with E-state index in [4.69, 9.17) is 25.0 Å². The maximum Gasteiger partial charge on any atom is 0.253 e. The van der Waals surface area contributed by atoms with Crippen molar-refractivity contribution in [3.05, 3.63) is 81.8 Å². The molecule has 3 aromatic rings. The van der Waals surface area contributed by atoms with Gasteiger partial charge in [-0.15, -0.1) is 0 Å². The predicted octanol–water partition coefficient (Wildman–Crippen LogP) is 3.95. The molecule has 0 spiro atoms. The van der Waals surface area contributed by atoms with Gasteiger partial charge in [-0.25, -0.2) is 10.8 Å². The highest BCUT2D eigenvalue weighted by molar-refractivity contribution is 9.10. The number of hydrazine groups is 1. The average Bonchev–Trinajstić information content (AvgIpc) is 2.87. The van der Waals surface area contributed by atoms with Crippen molar-refractivity contribution < 1.29 is 19.0 Å². The summed E-state index contributed by atoms with van der Waals surface area (Å²) in [4.78, 5) is 19.5. The van der Waals surface area contributed by atoms with Gasteiger partial charge in [0.15, 0.2) is 11.5 Å². The van der Waals surface area contributed by atoms with Gasteiger partial charge in [-0.2, -0.15) is 0 Å². The Hall–Kier alpha value is -3.56. The summed E-state index contributed by atoms with van der Waals surface area (Å²) in [7, 11) is 4.70. The maximum absolute atomic E-state index is 12.6. The standard InChI is InChI=1S/C25H25BrN4O4/c1-32-20-13-22(34-3)21(33-2)12-18(20)25-28-19-10-9-16(26)11-17(19)24(15-7-5-4-6-8-15)30(25)14-23(31)29-27/h4-13,24H,14,27H2,1-3H3,(H,29,31)/t24-/m0/s1. The van der Waals surface area contributed by atoms with E-state index in [1.165, 1.54) is 0 Å². The van der Waals surface area contributed by atoms with Crippen LogP contribution in [-0.2, 0) is 4.79 Å². The minimum atomic E-state index is -0.355. The fraction of sp³-hybridized carbons (Fsp3) is 0.200. The molecule has 0 aliphatic carbocycles. The SMILES string of the molecule is COc1cc(OC)c(C2=Nc3ccc(Br)cc3[C@H](c3ccccc3)N2CC(=O)NN)cc1OC. The van der Waals surface area contributed by atoms with E-state index >= 15 is 0 Å². The third-order valence-electron chi connectivity index (χ3n) is 5.63. The third kappa shape index (κ3) is 4.44. The monoisotopic (exact) mass is 524 g/mol. The lowest BCUT2D eigenvalue weighted by atomic mass is 9.92. The number of benzene rings is 3. The van der Waals surface area contributed by atoms with Crippen molar-refractivity contribution in [2.75, 3.05) is 27.9 Å². The summed E-state index contributed by atoms with van der Waals surface area (Å²) >= 11 is 3.58. The van der Waals surface area contributed by atoms with Gasteiger partial charge in [-0.1, -0.05) is 46.3 Å². The van der Waals surface area contributed by atoms with Crippen LogP contribution >= 0.6 is 15.9 Å². The highest BCUT2D eigenvalue weighted by atomic mass is 79.9. The lowest BCUT2D eigenvalue weighted by molar-refractivity contribution is -0.121.